The van der Waals surface area contributed by atoms with Crippen molar-refractivity contribution in [2.75, 3.05) is 13.2 Å². The molecule has 2 heterocycles. The van der Waals surface area contributed by atoms with Crippen molar-refractivity contribution in [3.8, 4) is 11.3 Å². The molecule has 0 fully saturated rings. The third-order valence-electron chi connectivity index (χ3n) is 4.59. The molecular formula is C19H20F3N3O2S. The van der Waals surface area contributed by atoms with Gasteiger partial charge in [-0.15, -0.1) is 11.3 Å². The number of aromatic nitrogens is 2. The lowest BCUT2D eigenvalue weighted by Crippen LogP contribution is -2.39. The third-order valence-corrected chi connectivity index (χ3v) is 5.43. The number of rotatable bonds is 6. The maximum absolute atomic E-state index is 13.0. The number of aliphatic hydroxyl groups is 1. The molecule has 3 rings (SSSR count). The van der Waals surface area contributed by atoms with Gasteiger partial charge in [0.05, 0.1) is 11.3 Å². The minimum atomic E-state index is -4.43. The van der Waals surface area contributed by atoms with Gasteiger partial charge >= 0.3 is 6.18 Å². The van der Waals surface area contributed by atoms with Crippen LogP contribution >= 0.6 is 11.3 Å². The molecule has 0 aliphatic rings. The van der Waals surface area contributed by atoms with E-state index in [-0.39, 0.29) is 18.6 Å². The SMILES string of the molecule is CCN(C(=O)c1csc2nc(-c3cccc(C(F)(F)F)c3)cn12)[C@H](C)CCO. The van der Waals surface area contributed by atoms with E-state index in [4.69, 9.17) is 5.11 Å². The second-order valence-corrected chi connectivity index (χ2v) is 7.27. The molecule has 0 saturated carbocycles. The minimum absolute atomic E-state index is 0.0191. The van der Waals surface area contributed by atoms with Crippen molar-refractivity contribution < 1.29 is 23.1 Å². The number of amides is 1. The Morgan fingerprint density at radius 2 is 2.14 bits per heavy atom. The quantitative estimate of drug-likeness (QED) is 0.658. The summed E-state index contributed by atoms with van der Waals surface area (Å²) in [6.45, 7) is 4.18. The molecule has 3 aromatic rings. The molecular weight excluding hydrogens is 391 g/mol. The number of benzene rings is 1. The molecule has 0 saturated heterocycles. The van der Waals surface area contributed by atoms with E-state index in [2.05, 4.69) is 4.98 Å². The van der Waals surface area contributed by atoms with E-state index in [0.29, 0.717) is 34.9 Å². The van der Waals surface area contributed by atoms with Crippen LogP contribution in [0.4, 0.5) is 13.2 Å². The van der Waals surface area contributed by atoms with Gasteiger partial charge in [0.2, 0.25) is 0 Å². The lowest BCUT2D eigenvalue weighted by atomic mass is 10.1. The van der Waals surface area contributed by atoms with Crippen molar-refractivity contribution in [3.63, 3.8) is 0 Å². The van der Waals surface area contributed by atoms with E-state index < -0.39 is 11.7 Å². The molecule has 9 heteroatoms. The number of halogens is 3. The highest BCUT2D eigenvalue weighted by molar-refractivity contribution is 7.15. The first-order valence-corrected chi connectivity index (χ1v) is 9.70. The average molecular weight is 411 g/mol. The summed E-state index contributed by atoms with van der Waals surface area (Å²) < 4.78 is 40.5. The summed E-state index contributed by atoms with van der Waals surface area (Å²) in [5.41, 5.74) is 0.369. The summed E-state index contributed by atoms with van der Waals surface area (Å²) in [6, 6.07) is 4.83. The first-order valence-electron chi connectivity index (χ1n) is 8.82. The molecule has 0 radical (unpaired) electrons. The minimum Gasteiger partial charge on any atom is -0.396 e. The molecule has 1 aromatic carbocycles. The zero-order chi connectivity index (χ0) is 20.5. The van der Waals surface area contributed by atoms with Crippen LogP contribution in [0.5, 0.6) is 0 Å². The van der Waals surface area contributed by atoms with Crippen LogP contribution in [0.1, 0.15) is 36.3 Å². The lowest BCUT2D eigenvalue weighted by molar-refractivity contribution is -0.137. The van der Waals surface area contributed by atoms with Crippen molar-refractivity contribution in [1.29, 1.82) is 0 Å². The van der Waals surface area contributed by atoms with Crippen LogP contribution < -0.4 is 0 Å². The van der Waals surface area contributed by atoms with Gasteiger partial charge < -0.3 is 10.0 Å². The van der Waals surface area contributed by atoms with Crippen LogP contribution in [-0.4, -0.2) is 44.5 Å². The van der Waals surface area contributed by atoms with E-state index >= 15 is 0 Å². The summed E-state index contributed by atoms with van der Waals surface area (Å²) >= 11 is 1.25. The first-order chi connectivity index (χ1) is 13.3. The fourth-order valence-electron chi connectivity index (χ4n) is 3.08. The maximum atomic E-state index is 13.0. The van der Waals surface area contributed by atoms with Crippen LogP contribution in [0.3, 0.4) is 0 Å². The molecule has 150 valence electrons. The molecule has 0 unspecified atom stereocenters. The smallest absolute Gasteiger partial charge is 0.396 e. The van der Waals surface area contributed by atoms with E-state index in [9.17, 15) is 18.0 Å². The van der Waals surface area contributed by atoms with Gasteiger partial charge in [0, 0.05) is 36.3 Å². The van der Waals surface area contributed by atoms with Crippen molar-refractivity contribution in [2.24, 2.45) is 0 Å². The molecule has 1 atom stereocenters. The summed E-state index contributed by atoms with van der Waals surface area (Å²) in [5, 5.41) is 10.8. The number of thiazole rings is 1. The standard InChI is InChI=1S/C19H20F3N3O2S/c1-3-24(12(2)7-8-26)17(27)16-11-28-18-23-15(10-25(16)18)13-5-4-6-14(9-13)19(20,21)22/h4-6,9-12,26H,3,7-8H2,1-2H3/t12-/m1/s1. The fourth-order valence-corrected chi connectivity index (χ4v) is 3.92. The summed E-state index contributed by atoms with van der Waals surface area (Å²) in [5.74, 6) is -0.206. The molecule has 0 spiro atoms. The van der Waals surface area contributed by atoms with Gasteiger partial charge in [-0.1, -0.05) is 12.1 Å². The van der Waals surface area contributed by atoms with Crippen LogP contribution in [0.15, 0.2) is 35.8 Å². The van der Waals surface area contributed by atoms with Gasteiger partial charge in [0.1, 0.15) is 5.69 Å². The van der Waals surface area contributed by atoms with Crippen molar-refractivity contribution in [2.45, 2.75) is 32.5 Å². The monoisotopic (exact) mass is 411 g/mol. The van der Waals surface area contributed by atoms with E-state index in [1.807, 2.05) is 13.8 Å². The maximum Gasteiger partial charge on any atom is 0.416 e. The normalized spacial score (nSPS) is 13.1. The molecule has 0 bridgehead atoms. The summed E-state index contributed by atoms with van der Waals surface area (Å²) in [4.78, 5) is 19.5. The van der Waals surface area contributed by atoms with Crippen LogP contribution in [-0.2, 0) is 6.18 Å². The Kier molecular flexibility index (Phi) is 5.76. The lowest BCUT2D eigenvalue weighted by Gasteiger charge is -2.27. The molecule has 2 aromatic heterocycles. The Bertz CT molecular complexity index is 980. The third kappa shape index (κ3) is 3.90. The highest BCUT2D eigenvalue weighted by Gasteiger charge is 2.31. The topological polar surface area (TPSA) is 57.8 Å². The van der Waals surface area contributed by atoms with Crippen LogP contribution in [0.25, 0.3) is 16.2 Å². The first kappa shape index (κ1) is 20.3. The van der Waals surface area contributed by atoms with Gasteiger partial charge in [-0.05, 0) is 32.4 Å². The van der Waals surface area contributed by atoms with Gasteiger partial charge in [-0.2, -0.15) is 13.2 Å². The Labute approximate surface area is 164 Å². The largest absolute Gasteiger partial charge is 0.416 e. The van der Waals surface area contributed by atoms with E-state index in [1.54, 1.807) is 26.9 Å². The number of imidazole rings is 1. The predicted molar refractivity (Wildman–Crippen MR) is 101 cm³/mol. The number of alkyl halides is 3. The van der Waals surface area contributed by atoms with Gasteiger partial charge in [0.15, 0.2) is 4.96 Å². The number of carbonyl (C=O) groups is 1. The second kappa shape index (κ2) is 7.92. The number of hydrogen-bond acceptors (Lipinski definition) is 4. The van der Waals surface area contributed by atoms with E-state index in [0.717, 1.165) is 12.1 Å². The highest BCUT2D eigenvalue weighted by Crippen LogP contribution is 2.32. The number of hydrogen-bond donors (Lipinski definition) is 1. The molecule has 1 N–H and O–H groups in total. The molecule has 28 heavy (non-hydrogen) atoms. The molecule has 5 nitrogen and oxygen atoms in total. The zero-order valence-electron chi connectivity index (χ0n) is 15.4. The summed E-state index contributed by atoms with van der Waals surface area (Å²) in [7, 11) is 0. The number of nitrogens with zero attached hydrogens (tertiary/aromatic N) is 3. The van der Waals surface area contributed by atoms with E-state index in [1.165, 1.54) is 17.4 Å². The van der Waals surface area contributed by atoms with Crippen LogP contribution in [0, 0.1) is 0 Å². The van der Waals surface area contributed by atoms with Crippen molar-refractivity contribution >= 4 is 22.2 Å². The van der Waals surface area contributed by atoms with Crippen LogP contribution in [0.2, 0.25) is 0 Å². The zero-order valence-corrected chi connectivity index (χ0v) is 16.2. The Balaban J connectivity index is 1.97. The molecule has 0 aliphatic heterocycles. The van der Waals surface area contributed by atoms with Crippen molar-refractivity contribution in [1.82, 2.24) is 14.3 Å². The van der Waals surface area contributed by atoms with Gasteiger partial charge in [0.25, 0.3) is 5.91 Å². The molecule has 0 aliphatic carbocycles. The Morgan fingerprint density at radius 1 is 1.39 bits per heavy atom. The fraction of sp³-hybridized carbons (Fsp3) is 0.368. The highest BCUT2D eigenvalue weighted by atomic mass is 32.1. The Hall–Kier alpha value is -2.39. The van der Waals surface area contributed by atoms with Crippen molar-refractivity contribution in [3.05, 3.63) is 47.1 Å². The Morgan fingerprint density at radius 3 is 2.79 bits per heavy atom. The second-order valence-electron chi connectivity index (χ2n) is 6.43. The van der Waals surface area contributed by atoms with Gasteiger partial charge in [-0.3, -0.25) is 9.20 Å². The number of carbonyl (C=O) groups excluding carboxylic acids is 1. The number of aliphatic hydroxyl groups excluding tert-OH is 1. The molecule has 1 amide bonds. The predicted octanol–water partition coefficient (Wildman–Crippen LogP) is 4.31. The summed E-state index contributed by atoms with van der Waals surface area (Å²) in [6.07, 6.45) is -2.38. The van der Waals surface area contributed by atoms with Gasteiger partial charge in [-0.25, -0.2) is 4.98 Å². The number of fused-ring (bicyclic) bond motifs is 1. The average Bonchev–Trinajstić information content (AvgIpc) is 3.22.